The topological polar surface area (TPSA) is 228 Å². The molecule has 6 heterocycles. The zero-order valence-corrected chi connectivity index (χ0v) is 37.1. The highest BCUT2D eigenvalue weighted by molar-refractivity contribution is 6.26. The number of H-pyrrole nitrogens is 3. The van der Waals surface area contributed by atoms with Crippen LogP contribution in [0.15, 0.2) is 191 Å². The van der Waals surface area contributed by atoms with Gasteiger partial charge in [-0.1, -0.05) is 91.0 Å². The van der Waals surface area contributed by atoms with Crippen LogP contribution in [0.25, 0.3) is 100 Å². The van der Waals surface area contributed by atoms with Gasteiger partial charge >= 0.3 is 16.9 Å². The van der Waals surface area contributed by atoms with Gasteiger partial charge in [0.25, 0.3) is 0 Å². The van der Waals surface area contributed by atoms with E-state index in [9.17, 15) is 14.4 Å². The molecule has 13 rings (SSSR count). The van der Waals surface area contributed by atoms with Gasteiger partial charge in [-0.15, -0.1) is 0 Å². The van der Waals surface area contributed by atoms with Gasteiger partial charge < -0.3 is 28.2 Å². The first-order valence-electron chi connectivity index (χ1n) is 22.5. The number of hydrogen-bond acceptors (Lipinski definition) is 12. The number of rotatable bonds is 9. The molecule has 15 heteroatoms. The molecule has 6 aromatic heterocycles. The Balaban J connectivity index is 1.05. The van der Waals surface area contributed by atoms with Gasteiger partial charge in [-0.05, 0) is 72.8 Å². The molecule has 0 aliphatic carbocycles. The summed E-state index contributed by atoms with van der Waals surface area (Å²) in [5.74, 6) is -2.48. The van der Waals surface area contributed by atoms with Crippen LogP contribution >= 0.6 is 0 Å². The molecule has 0 radical (unpaired) electrons. The summed E-state index contributed by atoms with van der Waals surface area (Å²) in [6, 6.07) is 45.0. The second-order valence-corrected chi connectivity index (χ2v) is 17.0. The first-order chi connectivity index (χ1) is 35.2. The molecule has 0 bridgehead atoms. The lowest BCUT2D eigenvalue weighted by molar-refractivity contribution is 0.103. The molecule has 0 saturated carbocycles. The van der Waals surface area contributed by atoms with Crippen molar-refractivity contribution in [2.75, 3.05) is 0 Å². The minimum absolute atomic E-state index is 0.0457. The Labute approximate surface area is 402 Å². The van der Waals surface area contributed by atoms with E-state index in [-0.39, 0.29) is 84.3 Å². The molecular weight excluding hydrogens is 913 g/mol. The highest BCUT2D eigenvalue weighted by atomic mass is 16.4. The smallest absolute Gasteiger partial charge is 0.347 e. The molecule has 0 unspecified atom stereocenters. The minimum atomic E-state index is -0.675. The van der Waals surface area contributed by atoms with E-state index in [1.54, 1.807) is 146 Å². The van der Waals surface area contributed by atoms with Crippen molar-refractivity contribution in [2.24, 2.45) is 0 Å². The SMILES string of the molecule is O=C(c1cc(C(=O)c2c(-c3nc4ccccc4c(=O)o3)[nH]c3ccccc23)cc(C(=O)c2c(-c3nc4ccccc4c(=O)o3)[nH]c3ccccc23)c1)c1c(-c2nc3ccccc3c(=O)o2)[nH]c2ccccc12. The molecule has 72 heavy (non-hydrogen) atoms. The van der Waals surface area contributed by atoms with Crippen LogP contribution in [0.5, 0.6) is 0 Å². The number of aromatic amines is 3. The van der Waals surface area contributed by atoms with Crippen LogP contribution in [0.4, 0.5) is 0 Å². The molecular formula is C57H30N6O9. The minimum Gasteiger partial charge on any atom is -0.401 e. The van der Waals surface area contributed by atoms with Crippen LogP contribution in [0.1, 0.15) is 47.8 Å². The molecule has 13 aromatic rings. The standard InChI is InChI=1S/C57H30N6O9/c64-49(43-31-13-1-7-19-37(31)58-46(43)52-61-40-22-10-4-16-34(40)55(67)70-52)28-25-29(50(65)44-32-14-2-8-20-38(32)59-47(44)53-62-41-23-11-5-17-35(41)56(68)71-53)27-30(26-28)51(66)45-33-15-3-9-21-39(33)60-48(45)54-63-42-24-12-6-18-36(42)57(69)72-54/h1-27,58-60H. The van der Waals surface area contributed by atoms with Gasteiger partial charge in [-0.3, -0.25) is 14.4 Å². The first kappa shape index (κ1) is 41.8. The molecule has 0 aliphatic heterocycles. The van der Waals surface area contributed by atoms with Crippen molar-refractivity contribution in [3.05, 3.63) is 228 Å². The highest BCUT2D eigenvalue weighted by Crippen LogP contribution is 2.37. The molecule has 342 valence electrons. The third kappa shape index (κ3) is 6.63. The third-order valence-electron chi connectivity index (χ3n) is 12.8. The number of carbonyl (C=O) groups is 3. The summed E-state index contributed by atoms with van der Waals surface area (Å²) in [6.45, 7) is 0. The molecule has 0 amide bonds. The fraction of sp³-hybridized carbons (Fsp3) is 0. The molecule has 7 aromatic carbocycles. The predicted molar refractivity (Wildman–Crippen MR) is 269 cm³/mol. The number of fused-ring (bicyclic) bond motifs is 6. The summed E-state index contributed by atoms with van der Waals surface area (Å²) >= 11 is 0. The molecule has 0 spiro atoms. The summed E-state index contributed by atoms with van der Waals surface area (Å²) < 4.78 is 17.3. The van der Waals surface area contributed by atoms with Gasteiger partial charge in [-0.25, -0.2) is 29.3 Å². The number of hydrogen-bond donors (Lipinski definition) is 3. The fourth-order valence-corrected chi connectivity index (χ4v) is 9.45. The highest BCUT2D eigenvalue weighted by Gasteiger charge is 2.31. The summed E-state index contributed by atoms with van der Waals surface area (Å²) in [7, 11) is 0. The van der Waals surface area contributed by atoms with Crippen LogP contribution in [0.2, 0.25) is 0 Å². The molecule has 0 atom stereocenters. The number of nitrogens with one attached hydrogen (secondary N) is 3. The number of benzene rings is 7. The summed E-state index contributed by atoms with van der Waals surface area (Å²) in [5.41, 5.74) is 0.582. The predicted octanol–water partition coefficient (Wildman–Crippen LogP) is 10.3. The number of ketones is 3. The van der Waals surface area contributed by atoms with E-state index >= 15 is 14.4 Å². The van der Waals surface area contributed by atoms with Crippen LogP contribution in [-0.4, -0.2) is 47.3 Å². The van der Waals surface area contributed by atoms with Gasteiger partial charge in [0.05, 0.1) is 49.4 Å². The average molecular weight is 943 g/mol. The Bertz CT molecular complexity index is 4200. The second-order valence-electron chi connectivity index (χ2n) is 17.0. The maximum absolute atomic E-state index is 15.6. The normalized spacial score (nSPS) is 11.7. The average Bonchev–Trinajstić information content (AvgIpc) is 4.13. The monoisotopic (exact) mass is 942 g/mol. The molecule has 15 nitrogen and oxygen atoms in total. The third-order valence-corrected chi connectivity index (χ3v) is 12.8. The lowest BCUT2D eigenvalue weighted by atomic mass is 9.90. The largest absolute Gasteiger partial charge is 0.401 e. The summed E-state index contributed by atoms with van der Waals surface area (Å²) in [6.07, 6.45) is 0. The Morgan fingerprint density at radius 1 is 0.333 bits per heavy atom. The van der Waals surface area contributed by atoms with Crippen LogP contribution < -0.4 is 16.9 Å². The van der Waals surface area contributed by atoms with E-state index in [2.05, 4.69) is 29.9 Å². The Hall–Kier alpha value is -10.4. The van der Waals surface area contributed by atoms with E-state index in [4.69, 9.17) is 13.3 Å². The van der Waals surface area contributed by atoms with Gasteiger partial charge in [0.1, 0.15) is 17.1 Å². The maximum atomic E-state index is 15.6. The van der Waals surface area contributed by atoms with Crippen molar-refractivity contribution in [3.8, 4) is 34.8 Å². The zero-order chi connectivity index (χ0) is 48.8. The maximum Gasteiger partial charge on any atom is 0.347 e. The lowest BCUT2D eigenvalue weighted by Crippen LogP contribution is -2.13. The Kier molecular flexibility index (Phi) is 9.34. The van der Waals surface area contributed by atoms with E-state index in [0.29, 0.717) is 49.3 Å². The van der Waals surface area contributed by atoms with Gasteiger partial charge in [0.15, 0.2) is 17.3 Å². The lowest BCUT2D eigenvalue weighted by Gasteiger charge is -2.11. The number of nitrogens with zero attached hydrogens (tertiary/aromatic N) is 3. The van der Waals surface area contributed by atoms with Gasteiger partial charge in [0, 0.05) is 49.4 Å². The van der Waals surface area contributed by atoms with Crippen molar-refractivity contribution in [2.45, 2.75) is 0 Å². The van der Waals surface area contributed by atoms with Gasteiger partial charge in [0.2, 0.25) is 17.7 Å². The number of carbonyl (C=O) groups excluding carboxylic acids is 3. The van der Waals surface area contributed by atoms with Crippen LogP contribution in [-0.2, 0) is 0 Å². The van der Waals surface area contributed by atoms with E-state index in [0.717, 1.165) is 0 Å². The van der Waals surface area contributed by atoms with E-state index in [1.165, 1.54) is 18.2 Å². The van der Waals surface area contributed by atoms with Crippen molar-refractivity contribution in [1.82, 2.24) is 29.9 Å². The zero-order valence-electron chi connectivity index (χ0n) is 37.1. The van der Waals surface area contributed by atoms with Crippen molar-refractivity contribution in [1.29, 1.82) is 0 Å². The number of para-hydroxylation sites is 6. The van der Waals surface area contributed by atoms with Crippen LogP contribution in [0.3, 0.4) is 0 Å². The summed E-state index contributed by atoms with van der Waals surface area (Å²) in [4.78, 5) is 110. The van der Waals surface area contributed by atoms with Crippen LogP contribution in [0, 0.1) is 0 Å². The second kappa shape index (κ2) is 16.1. The molecule has 0 fully saturated rings. The first-order valence-corrected chi connectivity index (χ1v) is 22.5. The Morgan fingerprint density at radius 3 is 0.875 bits per heavy atom. The van der Waals surface area contributed by atoms with Gasteiger partial charge in [-0.2, -0.15) is 0 Å². The summed E-state index contributed by atoms with van der Waals surface area (Å²) in [5, 5.41) is 2.03. The quantitative estimate of drug-likeness (QED) is 0.115. The number of aromatic nitrogens is 6. The fourth-order valence-electron chi connectivity index (χ4n) is 9.45. The molecule has 0 saturated heterocycles. The van der Waals surface area contributed by atoms with E-state index < -0.39 is 34.2 Å². The van der Waals surface area contributed by atoms with Crippen molar-refractivity contribution >= 4 is 82.8 Å². The Morgan fingerprint density at radius 2 is 0.583 bits per heavy atom. The van der Waals surface area contributed by atoms with E-state index in [1.807, 2.05) is 0 Å². The van der Waals surface area contributed by atoms with Crippen molar-refractivity contribution in [3.63, 3.8) is 0 Å². The van der Waals surface area contributed by atoms with Crippen molar-refractivity contribution < 1.29 is 27.6 Å². The molecule has 3 N–H and O–H groups in total. The molecule has 0 aliphatic rings.